The van der Waals surface area contributed by atoms with Crippen LogP contribution in [0.25, 0.3) is 0 Å². The predicted octanol–water partition coefficient (Wildman–Crippen LogP) is 1.35. The first-order valence-electron chi connectivity index (χ1n) is 6.78. The summed E-state index contributed by atoms with van der Waals surface area (Å²) < 4.78 is 6.63. The summed E-state index contributed by atoms with van der Waals surface area (Å²) in [5, 5.41) is 11.3. The van der Waals surface area contributed by atoms with Crippen LogP contribution in [0, 0.1) is 0 Å². The van der Waals surface area contributed by atoms with E-state index in [0.717, 1.165) is 0 Å². The van der Waals surface area contributed by atoms with Gasteiger partial charge in [0.15, 0.2) is 5.82 Å². The van der Waals surface area contributed by atoms with Gasteiger partial charge in [0.25, 0.3) is 5.91 Å². The molecule has 7 nitrogen and oxygen atoms in total. The van der Waals surface area contributed by atoms with Crippen LogP contribution in [0.1, 0.15) is 16.6 Å². The molecule has 0 aliphatic heterocycles. The number of methoxy groups -OCH3 is 1. The maximum Gasteiger partial charge on any atom is 0.261 e. The Morgan fingerprint density at radius 3 is 2.95 bits per heavy atom. The summed E-state index contributed by atoms with van der Waals surface area (Å²) in [7, 11) is 1.62. The Labute approximate surface area is 132 Å². The number of ether oxygens (including phenoxy) is 1. The molecule has 0 aliphatic rings. The highest BCUT2D eigenvalue weighted by Gasteiger charge is 2.17. The smallest absolute Gasteiger partial charge is 0.261 e. The van der Waals surface area contributed by atoms with Gasteiger partial charge in [-0.3, -0.25) is 14.3 Å². The number of amides is 2. The second-order valence-corrected chi connectivity index (χ2v) is 5.57. The normalized spacial score (nSPS) is 11.9. The van der Waals surface area contributed by atoms with Crippen molar-refractivity contribution < 1.29 is 14.3 Å². The van der Waals surface area contributed by atoms with Gasteiger partial charge in [-0.2, -0.15) is 5.10 Å². The van der Waals surface area contributed by atoms with Crippen molar-refractivity contribution in [1.82, 2.24) is 15.1 Å². The second kappa shape index (κ2) is 7.71. The highest BCUT2D eigenvalue weighted by molar-refractivity contribution is 7.12. The third-order valence-corrected chi connectivity index (χ3v) is 3.77. The summed E-state index contributed by atoms with van der Waals surface area (Å²) in [6.07, 6.45) is 1.75. The maximum atomic E-state index is 12.0. The number of carbonyl (C=O) groups is 2. The van der Waals surface area contributed by atoms with Crippen molar-refractivity contribution in [3.8, 4) is 0 Å². The fourth-order valence-corrected chi connectivity index (χ4v) is 2.34. The molecule has 2 N–H and O–H groups in total. The van der Waals surface area contributed by atoms with Crippen molar-refractivity contribution in [2.24, 2.45) is 0 Å². The lowest BCUT2D eigenvalue weighted by molar-refractivity contribution is -0.117. The van der Waals surface area contributed by atoms with Gasteiger partial charge in [0.2, 0.25) is 5.91 Å². The third kappa shape index (κ3) is 4.40. The van der Waals surface area contributed by atoms with Crippen molar-refractivity contribution in [1.29, 1.82) is 0 Å². The summed E-state index contributed by atoms with van der Waals surface area (Å²) in [4.78, 5) is 24.5. The zero-order valence-corrected chi connectivity index (χ0v) is 13.2. The van der Waals surface area contributed by atoms with Crippen molar-refractivity contribution in [2.75, 3.05) is 19.0 Å². The van der Waals surface area contributed by atoms with E-state index in [4.69, 9.17) is 4.74 Å². The molecule has 0 aromatic carbocycles. The van der Waals surface area contributed by atoms with Crippen LogP contribution in [0.5, 0.6) is 0 Å². The van der Waals surface area contributed by atoms with E-state index in [1.54, 1.807) is 43.1 Å². The minimum absolute atomic E-state index is 0.261. The molecule has 2 rings (SSSR count). The molecule has 0 saturated carbocycles. The van der Waals surface area contributed by atoms with Gasteiger partial charge in [-0.15, -0.1) is 11.3 Å². The molecule has 2 amide bonds. The molecule has 0 saturated heterocycles. The maximum absolute atomic E-state index is 12.0. The van der Waals surface area contributed by atoms with E-state index in [9.17, 15) is 9.59 Å². The molecular formula is C14H18N4O3S. The third-order valence-electron chi connectivity index (χ3n) is 2.90. The summed E-state index contributed by atoms with van der Waals surface area (Å²) in [6.45, 7) is 2.78. The van der Waals surface area contributed by atoms with Crippen LogP contribution in [-0.2, 0) is 16.1 Å². The minimum Gasteiger partial charge on any atom is -0.383 e. The number of nitrogens with one attached hydrogen (secondary N) is 2. The van der Waals surface area contributed by atoms with Crippen molar-refractivity contribution in [3.05, 3.63) is 34.7 Å². The molecule has 0 radical (unpaired) electrons. The molecule has 2 heterocycles. The van der Waals surface area contributed by atoms with Crippen LogP contribution in [0.2, 0.25) is 0 Å². The van der Waals surface area contributed by atoms with Gasteiger partial charge >= 0.3 is 0 Å². The van der Waals surface area contributed by atoms with E-state index in [-0.39, 0.29) is 11.8 Å². The lowest BCUT2D eigenvalue weighted by atomic mass is 10.3. The Kier molecular flexibility index (Phi) is 5.68. The van der Waals surface area contributed by atoms with Gasteiger partial charge in [-0.1, -0.05) is 6.07 Å². The van der Waals surface area contributed by atoms with Crippen LogP contribution in [0.4, 0.5) is 5.82 Å². The van der Waals surface area contributed by atoms with E-state index in [1.165, 1.54) is 11.3 Å². The lowest BCUT2D eigenvalue weighted by Crippen LogP contribution is -2.41. The van der Waals surface area contributed by atoms with Crippen LogP contribution >= 0.6 is 11.3 Å². The van der Waals surface area contributed by atoms with E-state index < -0.39 is 6.04 Å². The molecule has 0 unspecified atom stereocenters. The first kappa shape index (κ1) is 16.2. The Bertz CT molecular complexity index is 624. The van der Waals surface area contributed by atoms with E-state index in [0.29, 0.717) is 23.8 Å². The van der Waals surface area contributed by atoms with Gasteiger partial charge in [0.05, 0.1) is 18.0 Å². The van der Waals surface area contributed by atoms with Crippen molar-refractivity contribution >= 4 is 29.0 Å². The summed E-state index contributed by atoms with van der Waals surface area (Å²) in [6, 6.07) is 4.54. The van der Waals surface area contributed by atoms with Gasteiger partial charge < -0.3 is 15.4 Å². The molecule has 0 aliphatic carbocycles. The number of aromatic nitrogens is 2. The number of rotatable bonds is 7. The van der Waals surface area contributed by atoms with Gasteiger partial charge in [0, 0.05) is 19.4 Å². The first-order valence-corrected chi connectivity index (χ1v) is 7.65. The van der Waals surface area contributed by atoms with Crippen LogP contribution in [0.15, 0.2) is 29.8 Å². The van der Waals surface area contributed by atoms with Crippen LogP contribution in [-0.4, -0.2) is 41.4 Å². The Morgan fingerprint density at radius 1 is 1.45 bits per heavy atom. The monoisotopic (exact) mass is 322 g/mol. The van der Waals surface area contributed by atoms with Crippen LogP contribution < -0.4 is 10.6 Å². The standard InChI is InChI=1S/C14H18N4O3S/c1-10(15-14(20)11-4-3-9-22-11)13(19)16-12-5-6-18(17-12)7-8-21-2/h3-6,9-10H,7-8H2,1-2H3,(H,15,20)(H,16,17,19)/t10-/m0/s1. The molecule has 22 heavy (non-hydrogen) atoms. The second-order valence-electron chi connectivity index (χ2n) is 4.62. The van der Waals surface area contributed by atoms with E-state index in [2.05, 4.69) is 15.7 Å². The highest BCUT2D eigenvalue weighted by Crippen LogP contribution is 2.08. The van der Waals surface area contributed by atoms with E-state index in [1.807, 2.05) is 5.38 Å². The SMILES string of the molecule is COCCn1ccc(NC(=O)[C@H](C)NC(=O)c2cccs2)n1. The molecule has 8 heteroatoms. The number of hydrogen-bond acceptors (Lipinski definition) is 5. The largest absolute Gasteiger partial charge is 0.383 e. The number of thiophene rings is 1. The average Bonchev–Trinajstić information content (AvgIpc) is 3.16. The summed E-state index contributed by atoms with van der Waals surface area (Å²) >= 11 is 1.33. The predicted molar refractivity (Wildman–Crippen MR) is 84.0 cm³/mol. The molecule has 2 aromatic heterocycles. The molecule has 1 atom stereocenters. The van der Waals surface area contributed by atoms with Crippen molar-refractivity contribution in [2.45, 2.75) is 19.5 Å². The van der Waals surface area contributed by atoms with E-state index >= 15 is 0 Å². The number of nitrogens with zero attached hydrogens (tertiary/aromatic N) is 2. The zero-order chi connectivity index (χ0) is 15.9. The summed E-state index contributed by atoms with van der Waals surface area (Å²) in [5.41, 5.74) is 0. The zero-order valence-electron chi connectivity index (χ0n) is 12.4. The quantitative estimate of drug-likeness (QED) is 0.806. The van der Waals surface area contributed by atoms with Crippen molar-refractivity contribution in [3.63, 3.8) is 0 Å². The molecule has 0 bridgehead atoms. The Morgan fingerprint density at radius 2 is 2.27 bits per heavy atom. The average molecular weight is 322 g/mol. The topological polar surface area (TPSA) is 85.2 Å². The number of hydrogen-bond donors (Lipinski definition) is 2. The highest BCUT2D eigenvalue weighted by atomic mass is 32.1. The summed E-state index contributed by atoms with van der Waals surface area (Å²) in [5.74, 6) is -0.136. The molecule has 118 valence electrons. The number of carbonyl (C=O) groups excluding carboxylic acids is 2. The first-order chi connectivity index (χ1) is 10.6. The molecule has 0 spiro atoms. The molecule has 2 aromatic rings. The van der Waals surface area contributed by atoms with Gasteiger partial charge in [-0.05, 0) is 18.4 Å². The van der Waals surface area contributed by atoms with Gasteiger partial charge in [0.1, 0.15) is 6.04 Å². The Hall–Kier alpha value is -2.19. The Balaban J connectivity index is 1.85. The van der Waals surface area contributed by atoms with Crippen LogP contribution in [0.3, 0.4) is 0 Å². The molecule has 0 fully saturated rings. The minimum atomic E-state index is -0.654. The fraction of sp³-hybridized carbons (Fsp3) is 0.357. The number of anilines is 1. The molecular weight excluding hydrogens is 304 g/mol. The fourth-order valence-electron chi connectivity index (χ4n) is 1.71. The lowest BCUT2D eigenvalue weighted by Gasteiger charge is -2.12. The van der Waals surface area contributed by atoms with Gasteiger partial charge in [-0.25, -0.2) is 0 Å².